The fourth-order valence-corrected chi connectivity index (χ4v) is 3.33. The molecule has 0 saturated heterocycles. The first-order chi connectivity index (χ1) is 9.95. The lowest BCUT2D eigenvalue weighted by atomic mass is 10.2. The number of carbonyl (C=O) groups is 1. The Morgan fingerprint density at radius 2 is 2.00 bits per heavy atom. The van der Waals surface area contributed by atoms with Crippen LogP contribution in [0.1, 0.15) is 19.3 Å². The fourth-order valence-electron chi connectivity index (χ4n) is 2.38. The quantitative estimate of drug-likeness (QED) is 0.899. The molecule has 114 valence electrons. The molecule has 1 N–H and O–H groups in total. The highest BCUT2D eigenvalue weighted by Gasteiger charge is 2.33. The third kappa shape index (κ3) is 3.12. The number of hydrogen-bond acceptors (Lipinski definition) is 4. The molecular formula is C14H18N2O4S. The Morgan fingerprint density at radius 3 is 2.67 bits per heavy atom. The van der Waals surface area contributed by atoms with E-state index in [0.29, 0.717) is 17.9 Å². The lowest BCUT2D eigenvalue weighted by Gasteiger charge is -2.20. The Hall–Kier alpha value is -1.76. The van der Waals surface area contributed by atoms with Crippen LogP contribution >= 0.6 is 0 Å². The number of hydrogen-bond donors (Lipinski definition) is 1. The molecule has 0 radical (unpaired) electrons. The highest BCUT2D eigenvalue weighted by molar-refractivity contribution is 7.92. The molecule has 0 aromatic heterocycles. The predicted octanol–water partition coefficient (Wildman–Crippen LogP) is 0.882. The molecular weight excluding hydrogens is 292 g/mol. The van der Waals surface area contributed by atoms with E-state index in [9.17, 15) is 13.2 Å². The van der Waals surface area contributed by atoms with Crippen LogP contribution in [-0.4, -0.2) is 39.3 Å². The fraction of sp³-hybridized carbons (Fsp3) is 0.500. The Morgan fingerprint density at radius 1 is 1.29 bits per heavy atom. The van der Waals surface area contributed by atoms with Crippen molar-refractivity contribution in [2.45, 2.75) is 31.4 Å². The van der Waals surface area contributed by atoms with E-state index in [4.69, 9.17) is 4.74 Å². The summed E-state index contributed by atoms with van der Waals surface area (Å²) < 4.78 is 30.9. The van der Waals surface area contributed by atoms with Crippen LogP contribution in [0.3, 0.4) is 0 Å². The van der Waals surface area contributed by atoms with Crippen molar-refractivity contribution in [3.63, 3.8) is 0 Å². The lowest BCUT2D eigenvalue weighted by Crippen LogP contribution is -2.40. The van der Waals surface area contributed by atoms with Crippen LogP contribution in [0.2, 0.25) is 0 Å². The summed E-state index contributed by atoms with van der Waals surface area (Å²) in [5, 5.41) is 2.90. The Bertz CT molecular complexity index is 655. The van der Waals surface area contributed by atoms with Crippen molar-refractivity contribution in [3.05, 3.63) is 24.3 Å². The highest BCUT2D eigenvalue weighted by atomic mass is 32.2. The maximum atomic E-state index is 12.2. The molecule has 1 aliphatic carbocycles. The molecule has 1 fully saturated rings. The number of benzene rings is 1. The van der Waals surface area contributed by atoms with Crippen molar-refractivity contribution in [1.29, 1.82) is 0 Å². The molecule has 1 amide bonds. The third-order valence-electron chi connectivity index (χ3n) is 3.61. The number of amides is 1. The first kappa shape index (κ1) is 14.2. The van der Waals surface area contributed by atoms with Gasteiger partial charge in [0, 0.05) is 19.0 Å². The molecule has 0 bridgehead atoms. The van der Waals surface area contributed by atoms with Gasteiger partial charge in [-0.1, -0.05) is 12.1 Å². The second kappa shape index (κ2) is 5.22. The highest BCUT2D eigenvalue weighted by Crippen LogP contribution is 2.34. The van der Waals surface area contributed by atoms with Crippen molar-refractivity contribution in [2.24, 2.45) is 0 Å². The van der Waals surface area contributed by atoms with Crippen LogP contribution in [0.4, 0.5) is 5.69 Å². The minimum absolute atomic E-state index is 0.164. The van der Waals surface area contributed by atoms with Crippen LogP contribution in [0.25, 0.3) is 0 Å². The molecule has 1 heterocycles. The summed E-state index contributed by atoms with van der Waals surface area (Å²) >= 11 is 0. The van der Waals surface area contributed by atoms with E-state index in [-0.39, 0.29) is 18.5 Å². The first-order valence-corrected chi connectivity index (χ1v) is 8.84. The molecule has 7 heteroatoms. The number of carbonyl (C=O) groups excluding carboxylic acids is 1. The third-order valence-corrected chi connectivity index (χ3v) is 4.79. The first-order valence-electron chi connectivity index (χ1n) is 6.99. The van der Waals surface area contributed by atoms with Crippen molar-refractivity contribution < 1.29 is 17.9 Å². The maximum absolute atomic E-state index is 12.2. The summed E-state index contributed by atoms with van der Waals surface area (Å²) in [5.41, 5.74) is 0.488. The van der Waals surface area contributed by atoms with E-state index in [0.717, 1.165) is 19.1 Å². The van der Waals surface area contributed by atoms with Gasteiger partial charge < -0.3 is 10.1 Å². The van der Waals surface area contributed by atoms with Crippen molar-refractivity contribution in [3.8, 4) is 5.75 Å². The maximum Gasteiger partial charge on any atom is 0.261 e. The number of sulfonamides is 1. The Kier molecular flexibility index (Phi) is 3.52. The standard InChI is InChI=1S/C14H18N2O4S/c1-21(18,19)16-9-8-13(14(17)15-10-6-7-10)20-12-5-3-2-4-11(12)16/h2-5,10,13H,6-9H2,1H3,(H,15,17)/t13-/m0/s1. The summed E-state index contributed by atoms with van der Waals surface area (Å²) in [4.78, 5) is 12.2. The van der Waals surface area contributed by atoms with E-state index in [1.165, 1.54) is 4.31 Å². The molecule has 1 aliphatic heterocycles. The molecule has 0 spiro atoms. The number of fused-ring (bicyclic) bond motifs is 1. The molecule has 2 aliphatic rings. The molecule has 1 aromatic rings. The van der Waals surface area contributed by atoms with Gasteiger partial charge in [0.2, 0.25) is 10.0 Å². The topological polar surface area (TPSA) is 75.7 Å². The summed E-state index contributed by atoms with van der Waals surface area (Å²) in [6, 6.07) is 7.16. The van der Waals surface area contributed by atoms with Crippen LogP contribution < -0.4 is 14.4 Å². The Labute approximate surface area is 124 Å². The predicted molar refractivity (Wildman–Crippen MR) is 78.8 cm³/mol. The molecule has 3 rings (SSSR count). The van der Waals surface area contributed by atoms with Crippen molar-refractivity contribution >= 4 is 21.6 Å². The van der Waals surface area contributed by atoms with E-state index in [2.05, 4.69) is 5.32 Å². The molecule has 0 unspecified atom stereocenters. The monoisotopic (exact) mass is 310 g/mol. The van der Waals surface area contributed by atoms with Crippen LogP contribution in [0, 0.1) is 0 Å². The second-order valence-corrected chi connectivity index (χ2v) is 7.39. The van der Waals surface area contributed by atoms with Gasteiger partial charge in [0.25, 0.3) is 5.91 Å². The normalized spacial score (nSPS) is 22.0. The molecule has 21 heavy (non-hydrogen) atoms. The molecule has 6 nitrogen and oxygen atoms in total. The van der Waals surface area contributed by atoms with Gasteiger partial charge in [0.1, 0.15) is 5.75 Å². The summed E-state index contributed by atoms with van der Waals surface area (Å²) in [6.07, 6.45) is 2.85. The van der Waals surface area contributed by atoms with E-state index in [1.54, 1.807) is 24.3 Å². The van der Waals surface area contributed by atoms with Gasteiger partial charge in [-0.15, -0.1) is 0 Å². The van der Waals surface area contributed by atoms with E-state index in [1.807, 2.05) is 0 Å². The zero-order chi connectivity index (χ0) is 15.0. The number of nitrogens with one attached hydrogen (secondary N) is 1. The van der Waals surface area contributed by atoms with Crippen molar-refractivity contribution in [1.82, 2.24) is 5.32 Å². The van der Waals surface area contributed by atoms with Gasteiger partial charge in [-0.25, -0.2) is 8.42 Å². The van der Waals surface area contributed by atoms with E-state index < -0.39 is 16.1 Å². The van der Waals surface area contributed by atoms with Gasteiger partial charge >= 0.3 is 0 Å². The largest absolute Gasteiger partial charge is 0.478 e. The van der Waals surface area contributed by atoms with Gasteiger partial charge in [0.05, 0.1) is 11.9 Å². The second-order valence-electron chi connectivity index (χ2n) is 5.48. The average Bonchev–Trinajstić information content (AvgIpc) is 3.22. The molecule has 1 atom stereocenters. The minimum Gasteiger partial charge on any atom is -0.478 e. The van der Waals surface area contributed by atoms with Gasteiger partial charge in [0.15, 0.2) is 6.10 Å². The zero-order valence-corrected chi connectivity index (χ0v) is 12.6. The van der Waals surface area contributed by atoms with Gasteiger partial charge in [-0.05, 0) is 25.0 Å². The number of anilines is 1. The summed E-state index contributed by atoms with van der Waals surface area (Å²) in [5.74, 6) is 0.263. The number of rotatable bonds is 3. The summed E-state index contributed by atoms with van der Waals surface area (Å²) in [7, 11) is -3.40. The van der Waals surface area contributed by atoms with Crippen LogP contribution in [0.15, 0.2) is 24.3 Å². The van der Waals surface area contributed by atoms with Crippen LogP contribution in [0.5, 0.6) is 5.75 Å². The Balaban J connectivity index is 1.88. The summed E-state index contributed by atoms with van der Waals surface area (Å²) in [6.45, 7) is 0.235. The zero-order valence-electron chi connectivity index (χ0n) is 11.8. The van der Waals surface area contributed by atoms with Gasteiger partial charge in [-0.3, -0.25) is 9.10 Å². The van der Waals surface area contributed by atoms with Crippen LogP contribution in [-0.2, 0) is 14.8 Å². The smallest absolute Gasteiger partial charge is 0.261 e. The SMILES string of the molecule is CS(=O)(=O)N1CC[C@@H](C(=O)NC2CC2)Oc2ccccc21. The van der Waals surface area contributed by atoms with Gasteiger partial charge in [-0.2, -0.15) is 0 Å². The molecule has 1 aromatic carbocycles. The number of nitrogens with zero attached hydrogens (tertiary/aromatic N) is 1. The number of ether oxygens (including phenoxy) is 1. The number of para-hydroxylation sites is 2. The van der Waals surface area contributed by atoms with Crippen molar-refractivity contribution in [2.75, 3.05) is 17.1 Å². The minimum atomic E-state index is -3.40. The molecule has 1 saturated carbocycles. The van der Waals surface area contributed by atoms with E-state index >= 15 is 0 Å². The lowest BCUT2D eigenvalue weighted by molar-refractivity contribution is -0.128. The average molecular weight is 310 g/mol.